The SMILES string of the molecule is CC(=O)NC(CC(=O)Nc1cc(Cl)cc(Cl)c1)c1ccccc1. The molecular weight excluding hydrogens is 335 g/mol. The van der Waals surface area contributed by atoms with E-state index in [4.69, 9.17) is 23.2 Å². The van der Waals surface area contributed by atoms with Gasteiger partial charge in [0.15, 0.2) is 0 Å². The predicted molar refractivity (Wildman–Crippen MR) is 92.7 cm³/mol. The zero-order valence-electron chi connectivity index (χ0n) is 12.5. The lowest BCUT2D eigenvalue weighted by atomic mass is 10.0. The molecule has 0 radical (unpaired) electrons. The molecule has 0 heterocycles. The maximum atomic E-state index is 12.3. The van der Waals surface area contributed by atoms with Crippen LogP contribution in [-0.2, 0) is 9.59 Å². The van der Waals surface area contributed by atoms with Crippen LogP contribution in [0.3, 0.4) is 0 Å². The molecule has 0 aliphatic carbocycles. The first-order valence-electron chi connectivity index (χ1n) is 7.02. The summed E-state index contributed by atoms with van der Waals surface area (Å²) in [6.45, 7) is 1.42. The quantitative estimate of drug-likeness (QED) is 0.848. The molecule has 2 aromatic carbocycles. The molecule has 4 nitrogen and oxygen atoms in total. The van der Waals surface area contributed by atoms with E-state index >= 15 is 0 Å². The number of benzene rings is 2. The smallest absolute Gasteiger partial charge is 0.226 e. The molecule has 1 unspecified atom stereocenters. The lowest BCUT2D eigenvalue weighted by molar-refractivity contribution is -0.120. The number of hydrogen-bond acceptors (Lipinski definition) is 2. The number of carbonyl (C=O) groups is 2. The molecule has 0 saturated carbocycles. The maximum Gasteiger partial charge on any atom is 0.226 e. The predicted octanol–water partition coefficient (Wildman–Crippen LogP) is 4.20. The summed E-state index contributed by atoms with van der Waals surface area (Å²) in [5.41, 5.74) is 1.38. The summed E-state index contributed by atoms with van der Waals surface area (Å²) in [5.74, 6) is -0.441. The van der Waals surface area contributed by atoms with Crippen molar-refractivity contribution in [1.29, 1.82) is 0 Å². The Morgan fingerprint density at radius 3 is 2.22 bits per heavy atom. The average Bonchev–Trinajstić information content (AvgIpc) is 2.45. The fraction of sp³-hybridized carbons (Fsp3) is 0.176. The number of amides is 2. The fourth-order valence-electron chi connectivity index (χ4n) is 2.21. The molecule has 0 aromatic heterocycles. The Morgan fingerprint density at radius 1 is 1.04 bits per heavy atom. The van der Waals surface area contributed by atoms with Gasteiger partial charge in [-0.1, -0.05) is 53.5 Å². The Balaban J connectivity index is 2.09. The number of rotatable bonds is 5. The average molecular weight is 351 g/mol. The van der Waals surface area contributed by atoms with Crippen molar-refractivity contribution in [2.45, 2.75) is 19.4 Å². The summed E-state index contributed by atoms with van der Waals surface area (Å²) in [4.78, 5) is 23.6. The number of nitrogens with one attached hydrogen (secondary N) is 2. The molecule has 2 amide bonds. The maximum absolute atomic E-state index is 12.3. The summed E-state index contributed by atoms with van der Waals surface area (Å²) < 4.78 is 0. The van der Waals surface area contributed by atoms with Gasteiger partial charge in [-0.05, 0) is 23.8 Å². The Labute approximate surface area is 144 Å². The second-order valence-corrected chi connectivity index (χ2v) is 5.95. The van der Waals surface area contributed by atoms with Crippen LogP contribution in [0.1, 0.15) is 24.9 Å². The van der Waals surface area contributed by atoms with Gasteiger partial charge in [0.1, 0.15) is 0 Å². The largest absolute Gasteiger partial charge is 0.349 e. The van der Waals surface area contributed by atoms with Crippen LogP contribution >= 0.6 is 23.2 Å². The Morgan fingerprint density at radius 2 is 1.65 bits per heavy atom. The molecule has 0 saturated heterocycles. The molecule has 23 heavy (non-hydrogen) atoms. The first-order valence-corrected chi connectivity index (χ1v) is 7.77. The highest BCUT2D eigenvalue weighted by atomic mass is 35.5. The van der Waals surface area contributed by atoms with Crippen molar-refractivity contribution in [3.63, 3.8) is 0 Å². The highest BCUT2D eigenvalue weighted by molar-refractivity contribution is 6.35. The number of hydrogen-bond donors (Lipinski definition) is 2. The van der Waals surface area contributed by atoms with E-state index in [1.165, 1.54) is 6.92 Å². The van der Waals surface area contributed by atoms with Gasteiger partial charge in [-0.15, -0.1) is 0 Å². The summed E-state index contributed by atoms with van der Waals surface area (Å²) in [5, 5.41) is 6.40. The summed E-state index contributed by atoms with van der Waals surface area (Å²) in [6, 6.07) is 13.7. The van der Waals surface area contributed by atoms with E-state index in [0.29, 0.717) is 15.7 Å². The molecule has 120 valence electrons. The normalized spacial score (nSPS) is 11.6. The lowest BCUT2D eigenvalue weighted by Crippen LogP contribution is -2.29. The molecular formula is C17H16Cl2N2O2. The third kappa shape index (κ3) is 5.58. The molecule has 0 bridgehead atoms. The van der Waals surface area contributed by atoms with Crippen LogP contribution in [0.15, 0.2) is 48.5 Å². The number of carbonyl (C=O) groups excluding carboxylic acids is 2. The van der Waals surface area contributed by atoms with Crippen LogP contribution in [0.5, 0.6) is 0 Å². The van der Waals surface area contributed by atoms with Gasteiger partial charge < -0.3 is 10.6 Å². The molecule has 2 rings (SSSR count). The zero-order chi connectivity index (χ0) is 16.8. The van der Waals surface area contributed by atoms with Crippen molar-refractivity contribution in [1.82, 2.24) is 5.32 Å². The highest BCUT2D eigenvalue weighted by Crippen LogP contribution is 2.23. The standard InChI is InChI=1S/C17H16Cl2N2O2/c1-11(22)20-16(12-5-3-2-4-6-12)10-17(23)21-15-8-13(18)7-14(19)9-15/h2-9,16H,10H2,1H3,(H,20,22)(H,21,23). The zero-order valence-corrected chi connectivity index (χ0v) is 14.0. The fourth-order valence-corrected chi connectivity index (χ4v) is 2.73. The summed E-state index contributed by atoms with van der Waals surface area (Å²) >= 11 is 11.8. The van der Waals surface area contributed by atoms with E-state index < -0.39 is 6.04 Å². The molecule has 0 aliphatic rings. The van der Waals surface area contributed by atoms with E-state index in [1.54, 1.807) is 18.2 Å². The van der Waals surface area contributed by atoms with Crippen molar-refractivity contribution in [3.8, 4) is 0 Å². The second kappa shape index (κ2) is 7.99. The molecule has 0 fully saturated rings. The van der Waals surface area contributed by atoms with Crippen LogP contribution in [-0.4, -0.2) is 11.8 Å². The minimum absolute atomic E-state index is 0.105. The van der Waals surface area contributed by atoms with Gasteiger partial charge in [0.05, 0.1) is 12.5 Å². The summed E-state index contributed by atoms with van der Waals surface area (Å²) in [7, 11) is 0. The molecule has 2 aromatic rings. The van der Waals surface area contributed by atoms with Crippen molar-refractivity contribution >= 4 is 40.7 Å². The summed E-state index contributed by atoms with van der Waals surface area (Å²) in [6.07, 6.45) is 0.105. The van der Waals surface area contributed by atoms with Gasteiger partial charge >= 0.3 is 0 Å². The van der Waals surface area contributed by atoms with Crippen LogP contribution < -0.4 is 10.6 Å². The van der Waals surface area contributed by atoms with Gasteiger partial charge in [0.25, 0.3) is 0 Å². The van der Waals surface area contributed by atoms with Gasteiger partial charge in [-0.3, -0.25) is 9.59 Å². The molecule has 2 N–H and O–H groups in total. The number of anilines is 1. The molecule has 1 atom stereocenters. The second-order valence-electron chi connectivity index (χ2n) is 5.07. The monoisotopic (exact) mass is 350 g/mol. The van der Waals surface area contributed by atoms with Crippen molar-refractivity contribution in [2.75, 3.05) is 5.32 Å². The Bertz CT molecular complexity index is 685. The van der Waals surface area contributed by atoms with Crippen LogP contribution in [0, 0.1) is 0 Å². The Hall–Kier alpha value is -2.04. The van der Waals surface area contributed by atoms with Crippen LogP contribution in [0.25, 0.3) is 0 Å². The van der Waals surface area contributed by atoms with E-state index in [0.717, 1.165) is 5.56 Å². The van der Waals surface area contributed by atoms with E-state index in [1.807, 2.05) is 30.3 Å². The van der Waals surface area contributed by atoms with Gasteiger partial charge in [0.2, 0.25) is 11.8 Å². The molecule has 0 aliphatic heterocycles. The highest BCUT2D eigenvalue weighted by Gasteiger charge is 2.17. The topological polar surface area (TPSA) is 58.2 Å². The minimum Gasteiger partial charge on any atom is -0.349 e. The van der Waals surface area contributed by atoms with Gasteiger partial charge in [-0.2, -0.15) is 0 Å². The third-order valence-corrected chi connectivity index (χ3v) is 3.55. The third-order valence-electron chi connectivity index (χ3n) is 3.12. The van der Waals surface area contributed by atoms with E-state index in [2.05, 4.69) is 10.6 Å². The number of halogens is 2. The molecule has 6 heteroatoms. The van der Waals surface area contributed by atoms with Crippen molar-refractivity contribution < 1.29 is 9.59 Å². The first-order chi connectivity index (χ1) is 10.9. The first kappa shape index (κ1) is 17.3. The van der Waals surface area contributed by atoms with Crippen molar-refractivity contribution in [2.24, 2.45) is 0 Å². The molecule has 0 spiro atoms. The van der Waals surface area contributed by atoms with Crippen molar-refractivity contribution in [3.05, 3.63) is 64.1 Å². The van der Waals surface area contributed by atoms with Crippen LogP contribution in [0.4, 0.5) is 5.69 Å². The van der Waals surface area contributed by atoms with Gasteiger partial charge in [-0.25, -0.2) is 0 Å². The lowest BCUT2D eigenvalue weighted by Gasteiger charge is -2.18. The van der Waals surface area contributed by atoms with Crippen LogP contribution in [0.2, 0.25) is 10.0 Å². The van der Waals surface area contributed by atoms with E-state index in [9.17, 15) is 9.59 Å². The van der Waals surface area contributed by atoms with Gasteiger partial charge in [0, 0.05) is 22.7 Å². The van der Waals surface area contributed by atoms with E-state index in [-0.39, 0.29) is 18.2 Å². The minimum atomic E-state index is -0.400. The Kier molecular flexibility index (Phi) is 6.02.